The predicted octanol–water partition coefficient (Wildman–Crippen LogP) is 3.54. The fourth-order valence-electron chi connectivity index (χ4n) is 5.13. The summed E-state index contributed by atoms with van der Waals surface area (Å²) in [5.41, 5.74) is 1.53. The molecule has 2 fully saturated rings. The highest BCUT2D eigenvalue weighted by Crippen LogP contribution is 2.43. The van der Waals surface area contributed by atoms with E-state index in [-0.39, 0.29) is 35.8 Å². The van der Waals surface area contributed by atoms with Gasteiger partial charge in [-0.25, -0.2) is 9.49 Å². The number of nitrogens with one attached hydrogen (secondary N) is 1. The van der Waals surface area contributed by atoms with Gasteiger partial charge in [-0.15, -0.1) is 0 Å². The first-order chi connectivity index (χ1) is 14.1. The van der Waals surface area contributed by atoms with E-state index in [9.17, 15) is 14.0 Å². The van der Waals surface area contributed by atoms with Gasteiger partial charge in [0.15, 0.2) is 0 Å². The van der Waals surface area contributed by atoms with Gasteiger partial charge in [0.1, 0.15) is 5.82 Å². The second-order valence-corrected chi connectivity index (χ2v) is 8.13. The lowest BCUT2D eigenvalue weighted by Gasteiger charge is -2.39. The molecule has 2 atom stereocenters. The summed E-state index contributed by atoms with van der Waals surface area (Å²) >= 11 is 0. The normalized spacial score (nSPS) is 23.5. The van der Waals surface area contributed by atoms with Crippen LogP contribution in [0.3, 0.4) is 0 Å². The first-order valence-corrected chi connectivity index (χ1v) is 10.1. The molecule has 2 aliphatic rings. The molecule has 6 heteroatoms. The number of nitrogens with zero attached hydrogens (tertiary/aromatic N) is 2. The molecule has 3 heterocycles. The maximum atomic E-state index is 13.2. The Hall–Kier alpha value is -3.02. The number of hydrogen-bond donors (Lipinski definition) is 1. The zero-order valence-electron chi connectivity index (χ0n) is 16.0. The van der Waals surface area contributed by atoms with Crippen LogP contribution >= 0.6 is 0 Å². The molecule has 0 aliphatic carbocycles. The van der Waals surface area contributed by atoms with Gasteiger partial charge < -0.3 is 4.90 Å². The van der Waals surface area contributed by atoms with Crippen molar-refractivity contribution in [1.82, 2.24) is 15.1 Å². The first-order valence-electron chi connectivity index (χ1n) is 10.1. The van der Waals surface area contributed by atoms with Gasteiger partial charge in [-0.05, 0) is 55.4 Å². The number of fused-ring (bicyclic) bond motifs is 3. The summed E-state index contributed by atoms with van der Waals surface area (Å²) in [6, 6.07) is 14.5. The van der Waals surface area contributed by atoms with Crippen LogP contribution in [0, 0.1) is 5.82 Å². The Bertz CT molecular complexity index is 1110. The van der Waals surface area contributed by atoms with Gasteiger partial charge in [0, 0.05) is 17.5 Å². The molecule has 1 N–H and O–H groups in total. The number of piperidine rings is 1. The Labute approximate surface area is 167 Å². The topological polar surface area (TPSA) is 66.1 Å². The van der Waals surface area contributed by atoms with E-state index in [0.717, 1.165) is 36.6 Å². The van der Waals surface area contributed by atoms with Crippen molar-refractivity contribution < 1.29 is 9.18 Å². The number of aromatic amines is 1. The minimum atomic E-state index is -0.239. The highest BCUT2D eigenvalue weighted by atomic mass is 19.1. The SMILES string of the molecule is O=C(Cc1n[nH]c(=O)c2ccccc12)N1[C@H]2CC[C@H]1CC(c1ccc(F)cc1)C2. The third-order valence-electron chi connectivity index (χ3n) is 6.46. The Balaban J connectivity index is 1.36. The number of rotatable bonds is 3. The molecule has 2 saturated heterocycles. The lowest BCUT2D eigenvalue weighted by atomic mass is 9.85. The molecule has 148 valence electrons. The highest BCUT2D eigenvalue weighted by molar-refractivity contribution is 5.88. The standard InChI is InChI=1S/C23H22FN3O2/c24-16-7-5-14(6-8-16)15-11-17-9-10-18(12-15)27(17)22(28)13-21-19-3-1-2-4-20(19)23(29)26-25-21/h1-8,15,17-18H,9-13H2,(H,26,29)/t17-,18-/m0/s1. The van der Waals surface area contributed by atoms with Crippen LogP contribution in [0.2, 0.25) is 0 Å². The molecule has 5 rings (SSSR count). The molecule has 2 aliphatic heterocycles. The molecule has 0 unspecified atom stereocenters. The number of hydrogen-bond acceptors (Lipinski definition) is 3. The van der Waals surface area contributed by atoms with Crippen LogP contribution in [0.15, 0.2) is 53.3 Å². The third kappa shape index (κ3) is 3.22. The zero-order valence-corrected chi connectivity index (χ0v) is 16.0. The highest BCUT2D eigenvalue weighted by Gasteiger charge is 2.43. The lowest BCUT2D eigenvalue weighted by molar-refractivity contribution is -0.135. The van der Waals surface area contributed by atoms with Crippen LogP contribution in [0.1, 0.15) is 42.9 Å². The van der Waals surface area contributed by atoms with Gasteiger partial charge in [0.2, 0.25) is 5.91 Å². The second-order valence-electron chi connectivity index (χ2n) is 8.13. The van der Waals surface area contributed by atoms with Crippen molar-refractivity contribution in [3.8, 4) is 0 Å². The van der Waals surface area contributed by atoms with Crippen LogP contribution in [-0.2, 0) is 11.2 Å². The molecule has 1 amide bonds. The number of carbonyl (C=O) groups is 1. The Morgan fingerprint density at radius 1 is 1.03 bits per heavy atom. The maximum absolute atomic E-state index is 13.2. The fraction of sp³-hybridized carbons (Fsp3) is 0.348. The van der Waals surface area contributed by atoms with E-state index in [1.165, 1.54) is 12.1 Å². The summed E-state index contributed by atoms with van der Waals surface area (Å²) in [5.74, 6) is 0.217. The second kappa shape index (κ2) is 7.10. The number of carbonyl (C=O) groups excluding carboxylic acids is 1. The van der Waals surface area contributed by atoms with Gasteiger partial charge in [-0.3, -0.25) is 9.59 Å². The number of amides is 1. The van der Waals surface area contributed by atoms with Crippen molar-refractivity contribution in [3.63, 3.8) is 0 Å². The van der Waals surface area contributed by atoms with Crippen molar-refractivity contribution in [2.24, 2.45) is 0 Å². The molecule has 29 heavy (non-hydrogen) atoms. The largest absolute Gasteiger partial charge is 0.336 e. The van der Waals surface area contributed by atoms with Gasteiger partial charge in [0.05, 0.1) is 17.5 Å². The average Bonchev–Trinajstić information content (AvgIpc) is 3.00. The van der Waals surface area contributed by atoms with Crippen molar-refractivity contribution in [2.75, 3.05) is 0 Å². The minimum Gasteiger partial charge on any atom is -0.336 e. The molecule has 3 aromatic rings. The van der Waals surface area contributed by atoms with Crippen LogP contribution in [0.25, 0.3) is 10.8 Å². The monoisotopic (exact) mass is 391 g/mol. The third-order valence-corrected chi connectivity index (χ3v) is 6.46. The Morgan fingerprint density at radius 2 is 1.69 bits per heavy atom. The van der Waals surface area contributed by atoms with Crippen molar-refractivity contribution in [1.29, 1.82) is 0 Å². The van der Waals surface area contributed by atoms with Crippen LogP contribution in [0.4, 0.5) is 4.39 Å². The number of H-pyrrole nitrogens is 1. The molecular formula is C23H22FN3O2. The molecule has 5 nitrogen and oxygen atoms in total. The van der Waals surface area contributed by atoms with Crippen molar-refractivity contribution >= 4 is 16.7 Å². The minimum absolute atomic E-state index is 0.0692. The molecular weight excluding hydrogens is 369 g/mol. The van der Waals surface area contributed by atoms with Gasteiger partial charge in [-0.1, -0.05) is 30.3 Å². The summed E-state index contributed by atoms with van der Waals surface area (Å²) in [6.07, 6.45) is 4.02. The lowest BCUT2D eigenvalue weighted by Crippen LogP contribution is -2.46. The van der Waals surface area contributed by atoms with Gasteiger partial charge >= 0.3 is 0 Å². The zero-order chi connectivity index (χ0) is 20.0. The molecule has 1 aromatic heterocycles. The van der Waals surface area contributed by atoms with Gasteiger partial charge in [0.25, 0.3) is 5.56 Å². The molecule has 2 aromatic carbocycles. The number of benzene rings is 2. The Kier molecular flexibility index (Phi) is 4.42. The molecule has 0 spiro atoms. The smallest absolute Gasteiger partial charge is 0.272 e. The fourth-order valence-corrected chi connectivity index (χ4v) is 5.13. The van der Waals surface area contributed by atoms with Crippen LogP contribution < -0.4 is 5.56 Å². The van der Waals surface area contributed by atoms with E-state index < -0.39 is 0 Å². The van der Waals surface area contributed by atoms with Crippen LogP contribution in [-0.4, -0.2) is 33.1 Å². The van der Waals surface area contributed by atoms with E-state index in [4.69, 9.17) is 0 Å². The first kappa shape index (κ1) is 18.0. The van der Waals surface area contributed by atoms with E-state index in [1.807, 2.05) is 35.2 Å². The summed E-state index contributed by atoms with van der Waals surface area (Å²) in [7, 11) is 0. The molecule has 0 saturated carbocycles. The van der Waals surface area contributed by atoms with Gasteiger partial charge in [-0.2, -0.15) is 5.10 Å². The van der Waals surface area contributed by atoms with Crippen LogP contribution in [0.5, 0.6) is 0 Å². The van der Waals surface area contributed by atoms with E-state index >= 15 is 0 Å². The van der Waals surface area contributed by atoms with E-state index in [2.05, 4.69) is 10.2 Å². The number of aromatic nitrogens is 2. The Morgan fingerprint density at radius 3 is 2.38 bits per heavy atom. The van der Waals surface area contributed by atoms with Crippen molar-refractivity contribution in [3.05, 3.63) is 76.0 Å². The van der Waals surface area contributed by atoms with Crippen molar-refractivity contribution in [2.45, 2.75) is 50.1 Å². The summed E-state index contributed by atoms with van der Waals surface area (Å²) in [4.78, 5) is 27.2. The average molecular weight is 391 g/mol. The summed E-state index contributed by atoms with van der Waals surface area (Å²) in [6.45, 7) is 0. The molecule has 2 bridgehead atoms. The molecule has 0 radical (unpaired) electrons. The summed E-state index contributed by atoms with van der Waals surface area (Å²) < 4.78 is 13.2. The maximum Gasteiger partial charge on any atom is 0.272 e. The van der Waals surface area contributed by atoms with E-state index in [1.54, 1.807) is 6.07 Å². The summed E-state index contributed by atoms with van der Waals surface area (Å²) in [5, 5.41) is 7.97. The van der Waals surface area contributed by atoms with E-state index in [0.29, 0.717) is 17.0 Å². The predicted molar refractivity (Wildman–Crippen MR) is 108 cm³/mol. The quantitative estimate of drug-likeness (QED) is 0.743. The number of halogens is 1.